The van der Waals surface area contributed by atoms with E-state index in [1.54, 1.807) is 14.2 Å². The zero-order chi connectivity index (χ0) is 18.0. The number of halogens is 4. The van der Waals surface area contributed by atoms with Crippen molar-refractivity contribution in [2.24, 2.45) is 4.99 Å². The molecule has 1 atom stereocenters. The number of hydrogen-bond donors (Lipinski definition) is 3. The van der Waals surface area contributed by atoms with Gasteiger partial charge in [0.15, 0.2) is 5.96 Å². The lowest BCUT2D eigenvalue weighted by Crippen LogP contribution is -2.44. The number of nitrogens with one attached hydrogen (secondary N) is 3. The Bertz CT molecular complexity index is 511. The number of methoxy groups -OCH3 is 1. The van der Waals surface area contributed by atoms with Gasteiger partial charge in [0.05, 0.1) is 12.2 Å². The molecule has 0 bridgehead atoms. The highest BCUT2D eigenvalue weighted by atomic mass is 127. The third-order valence-electron chi connectivity index (χ3n) is 3.07. The van der Waals surface area contributed by atoms with Gasteiger partial charge < -0.3 is 20.7 Å². The average molecular weight is 475 g/mol. The number of hydrogen-bond acceptors (Lipinski definition) is 4. The van der Waals surface area contributed by atoms with Crippen LogP contribution in [0.25, 0.3) is 0 Å². The van der Waals surface area contributed by atoms with Crippen molar-refractivity contribution in [3.05, 3.63) is 23.9 Å². The standard InChI is InChI=1S/C15H24F3N5O.HI/c1-11(10-24-3)23-14(19-2)21-8-4-7-20-13-6-5-12(9-22-13)15(16,17)18;/h5-6,9,11H,4,7-8,10H2,1-3H3,(H,20,22)(H2,19,21,23);1H. The van der Waals surface area contributed by atoms with Gasteiger partial charge in [-0.25, -0.2) is 4.98 Å². The fraction of sp³-hybridized carbons (Fsp3) is 0.600. The first kappa shape index (κ1) is 23.7. The van der Waals surface area contributed by atoms with Crippen LogP contribution in [0.2, 0.25) is 0 Å². The molecule has 6 nitrogen and oxygen atoms in total. The molecule has 0 saturated carbocycles. The molecule has 0 aromatic carbocycles. The van der Waals surface area contributed by atoms with E-state index in [9.17, 15) is 13.2 Å². The van der Waals surface area contributed by atoms with Gasteiger partial charge in [0.1, 0.15) is 5.82 Å². The molecule has 25 heavy (non-hydrogen) atoms. The van der Waals surface area contributed by atoms with E-state index in [-0.39, 0.29) is 30.0 Å². The number of alkyl halides is 3. The van der Waals surface area contributed by atoms with Gasteiger partial charge in [-0.1, -0.05) is 0 Å². The van der Waals surface area contributed by atoms with Gasteiger partial charge in [0, 0.05) is 39.5 Å². The molecule has 0 amide bonds. The molecular weight excluding hydrogens is 450 g/mol. The van der Waals surface area contributed by atoms with E-state index in [0.717, 1.165) is 18.7 Å². The summed E-state index contributed by atoms with van der Waals surface area (Å²) in [4.78, 5) is 7.85. The molecule has 1 rings (SSSR count). The largest absolute Gasteiger partial charge is 0.417 e. The van der Waals surface area contributed by atoms with E-state index in [1.807, 2.05) is 6.92 Å². The quantitative estimate of drug-likeness (QED) is 0.234. The second-order valence-electron chi connectivity index (χ2n) is 5.21. The van der Waals surface area contributed by atoms with E-state index >= 15 is 0 Å². The highest BCUT2D eigenvalue weighted by molar-refractivity contribution is 14.0. The van der Waals surface area contributed by atoms with Crippen LogP contribution in [0.3, 0.4) is 0 Å². The third kappa shape index (κ3) is 9.68. The Hall–Kier alpha value is -1.30. The molecule has 1 aromatic heterocycles. The minimum Gasteiger partial charge on any atom is -0.383 e. The average Bonchev–Trinajstić information content (AvgIpc) is 2.53. The molecule has 0 fully saturated rings. The fourth-order valence-electron chi connectivity index (χ4n) is 1.90. The molecule has 0 aliphatic rings. The summed E-state index contributed by atoms with van der Waals surface area (Å²) in [6.45, 7) is 3.79. The van der Waals surface area contributed by atoms with Gasteiger partial charge in [-0.15, -0.1) is 24.0 Å². The zero-order valence-electron chi connectivity index (χ0n) is 14.5. The minimum atomic E-state index is -4.36. The number of anilines is 1. The van der Waals surface area contributed by atoms with Crippen LogP contribution in [-0.4, -0.2) is 50.8 Å². The van der Waals surface area contributed by atoms with E-state index in [0.29, 0.717) is 31.5 Å². The highest BCUT2D eigenvalue weighted by Crippen LogP contribution is 2.28. The number of nitrogens with zero attached hydrogens (tertiary/aromatic N) is 2. The van der Waals surface area contributed by atoms with E-state index in [1.165, 1.54) is 6.07 Å². The summed E-state index contributed by atoms with van der Waals surface area (Å²) < 4.78 is 42.3. The molecule has 1 unspecified atom stereocenters. The lowest BCUT2D eigenvalue weighted by molar-refractivity contribution is -0.137. The van der Waals surface area contributed by atoms with Gasteiger partial charge in [0.2, 0.25) is 0 Å². The van der Waals surface area contributed by atoms with Gasteiger partial charge in [-0.3, -0.25) is 4.99 Å². The second kappa shape index (κ2) is 12.1. The summed E-state index contributed by atoms with van der Waals surface area (Å²) in [6.07, 6.45) is -2.79. The van der Waals surface area contributed by atoms with E-state index in [2.05, 4.69) is 25.9 Å². The number of rotatable bonds is 8. The van der Waals surface area contributed by atoms with Crippen LogP contribution in [-0.2, 0) is 10.9 Å². The van der Waals surface area contributed by atoms with Crippen LogP contribution in [0.15, 0.2) is 23.3 Å². The lowest BCUT2D eigenvalue weighted by atomic mass is 10.3. The molecular formula is C15H25F3IN5O. The van der Waals surface area contributed by atoms with Crippen LogP contribution < -0.4 is 16.0 Å². The maximum Gasteiger partial charge on any atom is 0.417 e. The molecule has 0 aliphatic heterocycles. The first-order valence-electron chi connectivity index (χ1n) is 7.60. The summed E-state index contributed by atoms with van der Waals surface area (Å²) in [5, 5.41) is 9.30. The normalized spacial score (nSPS) is 13.0. The van der Waals surface area contributed by atoms with Crippen molar-refractivity contribution >= 4 is 35.8 Å². The summed E-state index contributed by atoms with van der Waals surface area (Å²) in [6, 6.07) is 2.47. The molecule has 0 spiro atoms. The Morgan fingerprint density at radius 2 is 2.04 bits per heavy atom. The maximum absolute atomic E-state index is 12.4. The summed E-state index contributed by atoms with van der Waals surface area (Å²) in [5.41, 5.74) is -0.755. The Labute approximate surface area is 163 Å². The summed E-state index contributed by atoms with van der Waals surface area (Å²) in [7, 11) is 3.31. The molecule has 0 aliphatic carbocycles. The highest BCUT2D eigenvalue weighted by Gasteiger charge is 2.30. The van der Waals surface area contributed by atoms with Crippen LogP contribution in [0.5, 0.6) is 0 Å². The monoisotopic (exact) mass is 475 g/mol. The van der Waals surface area contributed by atoms with Crippen molar-refractivity contribution in [1.29, 1.82) is 0 Å². The number of aromatic nitrogens is 1. The molecule has 1 heterocycles. The maximum atomic E-state index is 12.4. The number of pyridine rings is 1. The molecule has 0 saturated heterocycles. The molecule has 1 aromatic rings. The zero-order valence-corrected chi connectivity index (χ0v) is 16.8. The van der Waals surface area contributed by atoms with Crippen LogP contribution in [0, 0.1) is 0 Å². The van der Waals surface area contributed by atoms with Crippen molar-refractivity contribution in [1.82, 2.24) is 15.6 Å². The third-order valence-corrected chi connectivity index (χ3v) is 3.07. The summed E-state index contributed by atoms with van der Waals surface area (Å²) >= 11 is 0. The predicted octanol–water partition coefficient (Wildman–Crippen LogP) is 2.72. The SMILES string of the molecule is CN=C(NCCCNc1ccc(C(F)(F)F)cn1)NC(C)COC.I. The number of guanidine groups is 1. The van der Waals surface area contributed by atoms with Gasteiger partial charge >= 0.3 is 6.18 Å². The van der Waals surface area contributed by atoms with Crippen molar-refractivity contribution in [3.8, 4) is 0 Å². The Kier molecular flexibility index (Phi) is 11.5. The second-order valence-corrected chi connectivity index (χ2v) is 5.21. The number of aliphatic imine (C=N–C) groups is 1. The molecule has 3 N–H and O–H groups in total. The van der Waals surface area contributed by atoms with Crippen LogP contribution >= 0.6 is 24.0 Å². The predicted molar refractivity (Wildman–Crippen MR) is 104 cm³/mol. The van der Waals surface area contributed by atoms with E-state index < -0.39 is 11.7 Å². The lowest BCUT2D eigenvalue weighted by Gasteiger charge is -2.17. The van der Waals surface area contributed by atoms with Crippen molar-refractivity contribution < 1.29 is 17.9 Å². The summed E-state index contributed by atoms with van der Waals surface area (Å²) in [5.74, 6) is 1.09. The van der Waals surface area contributed by atoms with Crippen molar-refractivity contribution in [2.45, 2.75) is 25.6 Å². The molecule has 0 radical (unpaired) electrons. The Morgan fingerprint density at radius 1 is 1.32 bits per heavy atom. The topological polar surface area (TPSA) is 70.6 Å². The van der Waals surface area contributed by atoms with Crippen LogP contribution in [0.4, 0.5) is 19.0 Å². The minimum absolute atomic E-state index is 0. The first-order valence-corrected chi connectivity index (χ1v) is 7.60. The van der Waals surface area contributed by atoms with Crippen molar-refractivity contribution in [3.63, 3.8) is 0 Å². The molecule has 144 valence electrons. The number of ether oxygens (including phenoxy) is 1. The smallest absolute Gasteiger partial charge is 0.383 e. The van der Waals surface area contributed by atoms with Crippen molar-refractivity contribution in [2.75, 3.05) is 39.2 Å². The van der Waals surface area contributed by atoms with Gasteiger partial charge in [-0.2, -0.15) is 13.2 Å². The molecule has 10 heteroatoms. The first-order chi connectivity index (χ1) is 11.4. The van der Waals surface area contributed by atoms with Crippen LogP contribution in [0.1, 0.15) is 18.9 Å². The Morgan fingerprint density at radius 3 is 2.56 bits per heavy atom. The Balaban J connectivity index is 0.00000576. The fourth-order valence-corrected chi connectivity index (χ4v) is 1.90. The van der Waals surface area contributed by atoms with Gasteiger partial charge in [-0.05, 0) is 25.5 Å². The van der Waals surface area contributed by atoms with E-state index in [4.69, 9.17) is 4.74 Å². The van der Waals surface area contributed by atoms with Gasteiger partial charge in [0.25, 0.3) is 0 Å².